The summed E-state index contributed by atoms with van der Waals surface area (Å²) in [4.78, 5) is 2.10. The van der Waals surface area contributed by atoms with Gasteiger partial charge in [0.1, 0.15) is 0 Å². The van der Waals surface area contributed by atoms with Gasteiger partial charge in [-0.25, -0.2) is 4.68 Å². The quantitative estimate of drug-likeness (QED) is 0.805. The third-order valence-electron chi connectivity index (χ3n) is 3.77. The molecule has 0 aliphatic heterocycles. The van der Waals surface area contributed by atoms with Gasteiger partial charge in [-0.15, -0.1) is 0 Å². The molecule has 106 valence electrons. The van der Waals surface area contributed by atoms with Crippen molar-refractivity contribution in [3.63, 3.8) is 0 Å². The van der Waals surface area contributed by atoms with Gasteiger partial charge in [0.15, 0.2) is 0 Å². The number of rotatable bonds is 6. The maximum absolute atomic E-state index is 5.21. The molecule has 0 bridgehead atoms. The predicted octanol–water partition coefficient (Wildman–Crippen LogP) is 1.97. The summed E-state index contributed by atoms with van der Waals surface area (Å²) in [6.07, 6.45) is 2.25. The predicted molar refractivity (Wildman–Crippen MR) is 76.0 cm³/mol. The molecule has 1 saturated carbocycles. The van der Waals surface area contributed by atoms with E-state index in [0.717, 1.165) is 31.0 Å². The summed E-state index contributed by atoms with van der Waals surface area (Å²) < 4.78 is 7.15. The summed E-state index contributed by atoms with van der Waals surface area (Å²) in [5.41, 5.74) is 1.14. The Labute approximate surface area is 118 Å². The molecule has 1 fully saturated rings. The molecule has 1 aliphatic carbocycles. The Bertz CT molecular complexity index is 564. The maximum Gasteiger partial charge on any atom is 0.250 e. The summed E-state index contributed by atoms with van der Waals surface area (Å²) in [7, 11) is 1.70. The topological polar surface area (TPSA) is 56.1 Å². The van der Waals surface area contributed by atoms with Crippen LogP contribution in [0.25, 0.3) is 0 Å². The summed E-state index contributed by atoms with van der Waals surface area (Å²) in [6.45, 7) is 3.53. The molecule has 6 nitrogen and oxygen atoms in total. The van der Waals surface area contributed by atoms with Crippen molar-refractivity contribution in [3.8, 4) is 0 Å². The largest absolute Gasteiger partial charge is 0.383 e. The van der Waals surface area contributed by atoms with Gasteiger partial charge in [-0.1, -0.05) is 23.3 Å². The van der Waals surface area contributed by atoms with E-state index >= 15 is 0 Å². The first kappa shape index (κ1) is 13.1. The van der Waals surface area contributed by atoms with Gasteiger partial charge in [0.2, 0.25) is 0 Å². The van der Waals surface area contributed by atoms with E-state index in [1.807, 2.05) is 22.9 Å². The highest BCUT2D eigenvalue weighted by Crippen LogP contribution is 2.44. The van der Waals surface area contributed by atoms with Gasteiger partial charge in [-0.05, 0) is 42.3 Å². The number of ether oxygens (including phenoxy) is 1. The molecule has 1 aliphatic rings. The molecular weight excluding hydrogens is 254 g/mol. The molecule has 0 atom stereocenters. The number of nitrogens with zero attached hydrogens (tertiary/aromatic N) is 5. The van der Waals surface area contributed by atoms with Crippen molar-refractivity contribution >= 4 is 11.6 Å². The van der Waals surface area contributed by atoms with Crippen molar-refractivity contribution in [1.29, 1.82) is 0 Å². The molecule has 0 radical (unpaired) electrons. The molecule has 0 unspecified atom stereocenters. The van der Waals surface area contributed by atoms with E-state index in [9.17, 15) is 0 Å². The molecule has 1 heterocycles. The molecule has 0 N–H and O–H groups in total. The fourth-order valence-corrected chi connectivity index (χ4v) is 2.23. The van der Waals surface area contributed by atoms with E-state index < -0.39 is 0 Å². The lowest BCUT2D eigenvalue weighted by atomic mass is 10.3. The lowest BCUT2D eigenvalue weighted by Gasteiger charge is -2.24. The van der Waals surface area contributed by atoms with Gasteiger partial charge >= 0.3 is 0 Å². The molecule has 20 heavy (non-hydrogen) atoms. The average Bonchev–Trinajstić information content (AvgIpc) is 3.03. The van der Waals surface area contributed by atoms with Crippen molar-refractivity contribution in [2.45, 2.75) is 25.3 Å². The summed E-state index contributed by atoms with van der Waals surface area (Å²) in [5.74, 6) is 0.785. The second-order valence-corrected chi connectivity index (χ2v) is 5.37. The molecule has 0 amide bonds. The Morgan fingerprint density at radius 2 is 2.05 bits per heavy atom. The number of anilines is 2. The molecule has 2 aromatic rings. The van der Waals surface area contributed by atoms with Crippen LogP contribution in [0.4, 0.5) is 11.6 Å². The molecule has 3 rings (SSSR count). The number of hydrogen-bond acceptors (Lipinski definition) is 5. The number of methoxy groups -OCH3 is 1. The first-order chi connectivity index (χ1) is 9.74. The smallest absolute Gasteiger partial charge is 0.250 e. The van der Waals surface area contributed by atoms with Crippen molar-refractivity contribution < 1.29 is 4.74 Å². The summed E-state index contributed by atoms with van der Waals surface area (Å²) in [6, 6.07) is 10.2. The van der Waals surface area contributed by atoms with E-state index in [0.29, 0.717) is 6.61 Å². The standard InChI is InChI=1S/C14H19N5O/c1-14(8-9-14)19-13(15-16-17-19)18(10-11-20-2)12-6-4-3-5-7-12/h3-7H,8-11H2,1-2H3. The number of para-hydroxylation sites is 1. The lowest BCUT2D eigenvalue weighted by Crippen LogP contribution is -2.28. The minimum atomic E-state index is 0.0684. The van der Waals surface area contributed by atoms with Crippen LogP contribution in [-0.2, 0) is 10.3 Å². The van der Waals surface area contributed by atoms with E-state index in [-0.39, 0.29) is 5.54 Å². The molecule has 0 saturated heterocycles. The minimum absolute atomic E-state index is 0.0684. The maximum atomic E-state index is 5.21. The van der Waals surface area contributed by atoms with Crippen molar-refractivity contribution in [2.24, 2.45) is 0 Å². The van der Waals surface area contributed by atoms with Crippen LogP contribution in [0.5, 0.6) is 0 Å². The third-order valence-corrected chi connectivity index (χ3v) is 3.77. The summed E-state index contributed by atoms with van der Waals surface area (Å²) >= 11 is 0. The SMILES string of the molecule is COCCN(c1ccccc1)c1nnnn1C1(C)CC1. The monoisotopic (exact) mass is 273 g/mol. The van der Waals surface area contributed by atoms with E-state index in [1.54, 1.807) is 7.11 Å². The van der Waals surface area contributed by atoms with Gasteiger partial charge in [0.05, 0.1) is 12.1 Å². The zero-order valence-corrected chi connectivity index (χ0v) is 11.9. The second kappa shape index (κ2) is 5.20. The molecule has 6 heteroatoms. The Kier molecular flexibility index (Phi) is 3.40. The molecule has 0 spiro atoms. The zero-order chi connectivity index (χ0) is 14.0. The number of aromatic nitrogens is 4. The van der Waals surface area contributed by atoms with Gasteiger partial charge in [-0.2, -0.15) is 0 Å². The van der Waals surface area contributed by atoms with Crippen LogP contribution in [0.3, 0.4) is 0 Å². The van der Waals surface area contributed by atoms with Gasteiger partial charge in [0.25, 0.3) is 5.95 Å². The van der Waals surface area contributed by atoms with E-state index in [2.05, 4.69) is 39.5 Å². The Morgan fingerprint density at radius 1 is 1.30 bits per heavy atom. The number of benzene rings is 1. The highest BCUT2D eigenvalue weighted by atomic mass is 16.5. The van der Waals surface area contributed by atoms with Crippen molar-refractivity contribution in [1.82, 2.24) is 20.2 Å². The van der Waals surface area contributed by atoms with Crippen LogP contribution in [0.2, 0.25) is 0 Å². The van der Waals surface area contributed by atoms with Crippen molar-refractivity contribution in [3.05, 3.63) is 30.3 Å². The van der Waals surface area contributed by atoms with Crippen LogP contribution in [0.15, 0.2) is 30.3 Å². The van der Waals surface area contributed by atoms with Crippen LogP contribution < -0.4 is 4.90 Å². The van der Waals surface area contributed by atoms with Crippen LogP contribution >= 0.6 is 0 Å². The number of tetrazole rings is 1. The van der Waals surface area contributed by atoms with E-state index in [4.69, 9.17) is 4.74 Å². The van der Waals surface area contributed by atoms with Crippen LogP contribution in [0, 0.1) is 0 Å². The van der Waals surface area contributed by atoms with E-state index in [1.165, 1.54) is 0 Å². The van der Waals surface area contributed by atoms with Crippen molar-refractivity contribution in [2.75, 3.05) is 25.2 Å². The van der Waals surface area contributed by atoms with Gasteiger partial charge in [0, 0.05) is 19.3 Å². The Balaban J connectivity index is 1.95. The van der Waals surface area contributed by atoms with Crippen LogP contribution in [0.1, 0.15) is 19.8 Å². The van der Waals surface area contributed by atoms with Crippen LogP contribution in [-0.4, -0.2) is 40.5 Å². The highest BCUT2D eigenvalue weighted by Gasteiger charge is 2.43. The minimum Gasteiger partial charge on any atom is -0.383 e. The normalized spacial score (nSPS) is 16.1. The Hall–Kier alpha value is -1.95. The molecular formula is C14H19N5O. The third kappa shape index (κ3) is 2.38. The number of hydrogen-bond donors (Lipinski definition) is 0. The first-order valence-corrected chi connectivity index (χ1v) is 6.85. The first-order valence-electron chi connectivity index (χ1n) is 6.85. The molecule has 1 aromatic heterocycles. The zero-order valence-electron chi connectivity index (χ0n) is 11.9. The lowest BCUT2D eigenvalue weighted by molar-refractivity contribution is 0.206. The fourth-order valence-electron chi connectivity index (χ4n) is 2.23. The average molecular weight is 273 g/mol. The molecule has 1 aromatic carbocycles. The summed E-state index contributed by atoms with van der Waals surface area (Å²) in [5, 5.41) is 12.3. The highest BCUT2D eigenvalue weighted by molar-refractivity contribution is 5.57. The fraction of sp³-hybridized carbons (Fsp3) is 0.500. The van der Waals surface area contributed by atoms with Gasteiger partial charge in [-0.3, -0.25) is 0 Å². The van der Waals surface area contributed by atoms with Gasteiger partial charge < -0.3 is 9.64 Å². The Morgan fingerprint density at radius 3 is 2.70 bits per heavy atom. The second-order valence-electron chi connectivity index (χ2n) is 5.37.